The topological polar surface area (TPSA) is 29.1 Å². The van der Waals surface area contributed by atoms with Gasteiger partial charge in [-0.2, -0.15) is 0 Å². The van der Waals surface area contributed by atoms with E-state index in [9.17, 15) is 4.79 Å². The third kappa shape index (κ3) is 3.40. The molecule has 20 heavy (non-hydrogen) atoms. The van der Waals surface area contributed by atoms with Gasteiger partial charge in [0.05, 0.1) is 6.04 Å². The highest BCUT2D eigenvalue weighted by atomic mass is 35.5. The maximum atomic E-state index is 12.3. The fourth-order valence-electron chi connectivity index (χ4n) is 2.20. The van der Waals surface area contributed by atoms with Crippen LogP contribution in [0.1, 0.15) is 40.0 Å². The number of nitrogens with one attached hydrogen (secondary N) is 1. The van der Waals surface area contributed by atoms with Gasteiger partial charge in [-0.25, -0.2) is 0 Å². The fourth-order valence-corrected chi connectivity index (χ4v) is 2.40. The van der Waals surface area contributed by atoms with Gasteiger partial charge in [0.25, 0.3) is 5.91 Å². The first-order valence-corrected chi connectivity index (χ1v) is 6.99. The summed E-state index contributed by atoms with van der Waals surface area (Å²) in [6.45, 7) is 5.92. The van der Waals surface area contributed by atoms with Gasteiger partial charge in [-0.05, 0) is 50.1 Å². The molecule has 1 N–H and O–H groups in total. The molecular formula is C17H18ClNO. The van der Waals surface area contributed by atoms with Crippen LogP contribution in [0.3, 0.4) is 0 Å². The summed E-state index contributed by atoms with van der Waals surface area (Å²) >= 11 is 5.97. The molecule has 0 radical (unpaired) electrons. The van der Waals surface area contributed by atoms with Crippen LogP contribution in [0.2, 0.25) is 5.02 Å². The Morgan fingerprint density at radius 1 is 1.15 bits per heavy atom. The lowest BCUT2D eigenvalue weighted by atomic mass is 10.0. The van der Waals surface area contributed by atoms with Crippen molar-refractivity contribution in [2.75, 3.05) is 0 Å². The van der Waals surface area contributed by atoms with Crippen molar-refractivity contribution in [3.8, 4) is 0 Å². The van der Waals surface area contributed by atoms with Gasteiger partial charge in [0.15, 0.2) is 0 Å². The van der Waals surface area contributed by atoms with Gasteiger partial charge in [0, 0.05) is 10.6 Å². The molecule has 0 spiro atoms. The van der Waals surface area contributed by atoms with E-state index in [0.717, 1.165) is 16.7 Å². The molecule has 0 aliphatic heterocycles. The highest BCUT2D eigenvalue weighted by Crippen LogP contribution is 2.18. The zero-order valence-electron chi connectivity index (χ0n) is 11.9. The van der Waals surface area contributed by atoms with Crippen molar-refractivity contribution in [3.63, 3.8) is 0 Å². The Morgan fingerprint density at radius 2 is 1.90 bits per heavy atom. The third-order valence-corrected chi connectivity index (χ3v) is 3.56. The molecule has 0 heterocycles. The van der Waals surface area contributed by atoms with E-state index in [4.69, 9.17) is 11.6 Å². The third-order valence-electron chi connectivity index (χ3n) is 3.32. The van der Waals surface area contributed by atoms with Crippen LogP contribution in [0.5, 0.6) is 0 Å². The Balaban J connectivity index is 2.15. The Morgan fingerprint density at radius 3 is 2.55 bits per heavy atom. The van der Waals surface area contributed by atoms with Crippen molar-refractivity contribution in [2.45, 2.75) is 26.8 Å². The molecule has 2 aromatic rings. The van der Waals surface area contributed by atoms with Gasteiger partial charge in [0.1, 0.15) is 0 Å². The minimum Gasteiger partial charge on any atom is -0.346 e. The first kappa shape index (κ1) is 14.6. The molecule has 2 aromatic carbocycles. The molecule has 2 nitrogen and oxygen atoms in total. The van der Waals surface area contributed by atoms with Crippen molar-refractivity contribution in [1.29, 1.82) is 0 Å². The van der Waals surface area contributed by atoms with Crippen molar-refractivity contribution in [2.24, 2.45) is 0 Å². The number of aryl methyl sites for hydroxylation is 2. The maximum absolute atomic E-state index is 12.3. The van der Waals surface area contributed by atoms with Crippen LogP contribution in [-0.4, -0.2) is 5.91 Å². The van der Waals surface area contributed by atoms with E-state index in [-0.39, 0.29) is 11.9 Å². The molecule has 0 aliphatic carbocycles. The van der Waals surface area contributed by atoms with E-state index in [2.05, 4.69) is 5.32 Å². The van der Waals surface area contributed by atoms with Crippen LogP contribution < -0.4 is 5.32 Å². The predicted octanol–water partition coefficient (Wildman–Crippen LogP) is 4.45. The van der Waals surface area contributed by atoms with Crippen LogP contribution in [-0.2, 0) is 0 Å². The molecule has 3 heteroatoms. The Hall–Kier alpha value is -1.80. The molecule has 104 valence electrons. The average molecular weight is 288 g/mol. The summed E-state index contributed by atoms with van der Waals surface area (Å²) in [4.78, 5) is 12.3. The molecule has 1 unspecified atom stereocenters. The lowest BCUT2D eigenvalue weighted by Gasteiger charge is -2.16. The van der Waals surface area contributed by atoms with E-state index >= 15 is 0 Å². The normalized spacial score (nSPS) is 12.0. The zero-order valence-corrected chi connectivity index (χ0v) is 12.7. The van der Waals surface area contributed by atoms with Gasteiger partial charge < -0.3 is 5.32 Å². The highest BCUT2D eigenvalue weighted by Gasteiger charge is 2.13. The maximum Gasteiger partial charge on any atom is 0.252 e. The predicted molar refractivity (Wildman–Crippen MR) is 83.2 cm³/mol. The van der Waals surface area contributed by atoms with E-state index in [1.54, 1.807) is 0 Å². The molecule has 0 saturated heterocycles. The smallest absolute Gasteiger partial charge is 0.252 e. The number of hydrogen-bond acceptors (Lipinski definition) is 1. The molecule has 0 fully saturated rings. The molecule has 1 atom stereocenters. The van der Waals surface area contributed by atoms with Crippen molar-refractivity contribution >= 4 is 17.5 Å². The summed E-state index contributed by atoms with van der Waals surface area (Å²) in [7, 11) is 0. The Kier molecular flexibility index (Phi) is 4.46. The second-order valence-corrected chi connectivity index (χ2v) is 5.50. The van der Waals surface area contributed by atoms with Gasteiger partial charge >= 0.3 is 0 Å². The molecule has 1 amide bonds. The SMILES string of the molecule is Cc1ccc(C(=O)NC(C)c2cccc(Cl)c2)c(C)c1. The van der Waals surface area contributed by atoms with E-state index < -0.39 is 0 Å². The number of halogens is 1. The van der Waals surface area contributed by atoms with E-state index in [1.807, 2.05) is 63.2 Å². The highest BCUT2D eigenvalue weighted by molar-refractivity contribution is 6.30. The quantitative estimate of drug-likeness (QED) is 0.888. The summed E-state index contributed by atoms with van der Waals surface area (Å²) in [5.74, 6) is -0.0602. The van der Waals surface area contributed by atoms with Gasteiger partial charge in [0.2, 0.25) is 0 Å². The lowest BCUT2D eigenvalue weighted by Crippen LogP contribution is -2.27. The standard InChI is InChI=1S/C17H18ClNO/c1-11-7-8-16(12(2)9-11)17(20)19-13(3)14-5-4-6-15(18)10-14/h4-10,13H,1-3H3,(H,19,20). The van der Waals surface area contributed by atoms with E-state index in [0.29, 0.717) is 10.6 Å². The van der Waals surface area contributed by atoms with E-state index in [1.165, 1.54) is 0 Å². The van der Waals surface area contributed by atoms with Crippen LogP contribution in [0, 0.1) is 13.8 Å². The number of rotatable bonds is 3. The van der Waals surface area contributed by atoms with Crippen LogP contribution >= 0.6 is 11.6 Å². The Labute approximate surface area is 124 Å². The largest absolute Gasteiger partial charge is 0.346 e. The monoisotopic (exact) mass is 287 g/mol. The number of amides is 1. The summed E-state index contributed by atoms with van der Waals surface area (Å²) in [5, 5.41) is 3.68. The average Bonchev–Trinajstić information content (AvgIpc) is 2.38. The van der Waals surface area contributed by atoms with Crippen LogP contribution in [0.4, 0.5) is 0 Å². The van der Waals surface area contributed by atoms with Gasteiger partial charge in [-0.3, -0.25) is 4.79 Å². The summed E-state index contributed by atoms with van der Waals surface area (Å²) in [5.41, 5.74) is 3.85. The fraction of sp³-hybridized carbons (Fsp3) is 0.235. The Bertz CT molecular complexity index is 637. The number of benzene rings is 2. The first-order chi connectivity index (χ1) is 9.47. The second-order valence-electron chi connectivity index (χ2n) is 5.07. The van der Waals surface area contributed by atoms with Gasteiger partial charge in [-0.15, -0.1) is 0 Å². The van der Waals surface area contributed by atoms with Gasteiger partial charge in [-0.1, -0.05) is 41.4 Å². The van der Waals surface area contributed by atoms with Crippen LogP contribution in [0.15, 0.2) is 42.5 Å². The summed E-state index contributed by atoms with van der Waals surface area (Å²) < 4.78 is 0. The molecular weight excluding hydrogens is 270 g/mol. The molecule has 2 rings (SSSR count). The lowest BCUT2D eigenvalue weighted by molar-refractivity contribution is 0.0939. The van der Waals surface area contributed by atoms with Crippen LogP contribution in [0.25, 0.3) is 0 Å². The summed E-state index contributed by atoms with van der Waals surface area (Å²) in [6.07, 6.45) is 0. The van der Waals surface area contributed by atoms with Crippen molar-refractivity contribution < 1.29 is 4.79 Å². The molecule has 0 aromatic heterocycles. The minimum atomic E-state index is -0.0816. The number of hydrogen-bond donors (Lipinski definition) is 1. The molecule has 0 aliphatic rings. The molecule has 0 bridgehead atoms. The first-order valence-electron chi connectivity index (χ1n) is 6.61. The minimum absolute atomic E-state index is 0.0602. The number of carbonyl (C=O) groups excluding carboxylic acids is 1. The van der Waals surface area contributed by atoms with Crippen molar-refractivity contribution in [3.05, 3.63) is 69.7 Å². The second kappa shape index (κ2) is 6.10. The molecule has 0 saturated carbocycles. The zero-order chi connectivity index (χ0) is 14.7. The summed E-state index contributed by atoms with van der Waals surface area (Å²) in [6, 6.07) is 13.3. The number of carbonyl (C=O) groups is 1. The van der Waals surface area contributed by atoms with Crippen molar-refractivity contribution in [1.82, 2.24) is 5.32 Å².